The van der Waals surface area contributed by atoms with E-state index in [2.05, 4.69) is 25.7 Å². The summed E-state index contributed by atoms with van der Waals surface area (Å²) in [5.74, 6) is 0.708. The lowest BCUT2D eigenvalue weighted by molar-refractivity contribution is 0.147. The van der Waals surface area contributed by atoms with Crippen molar-refractivity contribution in [3.8, 4) is 11.3 Å². The van der Waals surface area contributed by atoms with Gasteiger partial charge in [-0.15, -0.1) is 0 Å². The summed E-state index contributed by atoms with van der Waals surface area (Å²) in [6, 6.07) is 11.8. The van der Waals surface area contributed by atoms with Gasteiger partial charge in [-0.05, 0) is 43.2 Å². The Kier molecular flexibility index (Phi) is 5.55. The molecule has 2 aliphatic rings. The van der Waals surface area contributed by atoms with Crippen molar-refractivity contribution in [2.45, 2.75) is 38.1 Å². The molecule has 1 aromatic carbocycles. The van der Waals surface area contributed by atoms with Gasteiger partial charge in [0.15, 0.2) is 0 Å². The minimum Gasteiger partial charge on any atom is -0.354 e. The van der Waals surface area contributed by atoms with Crippen LogP contribution in [-0.2, 0) is 0 Å². The van der Waals surface area contributed by atoms with Crippen LogP contribution in [0.15, 0.2) is 40.9 Å². The maximum atomic E-state index is 14.3. The second-order valence-electron chi connectivity index (χ2n) is 7.32. The Morgan fingerprint density at radius 1 is 0.962 bits per heavy atom. The van der Waals surface area contributed by atoms with Crippen LogP contribution < -0.4 is 4.90 Å². The average molecular weight is 418 g/mol. The molecule has 0 radical (unpaired) electrons. The highest BCUT2D eigenvalue weighted by Crippen LogP contribution is 2.27. The van der Waals surface area contributed by atoms with E-state index in [1.807, 2.05) is 24.3 Å². The van der Waals surface area contributed by atoms with Gasteiger partial charge in [-0.3, -0.25) is 4.90 Å². The van der Waals surface area contributed by atoms with Crippen LogP contribution in [0.4, 0.5) is 10.2 Å². The number of piperazine rings is 1. The van der Waals surface area contributed by atoms with Crippen LogP contribution in [-0.4, -0.2) is 42.1 Å². The number of anilines is 1. The van der Waals surface area contributed by atoms with E-state index < -0.39 is 0 Å². The number of aromatic nitrogens is 1. The Balaban J connectivity index is 1.46. The quantitative estimate of drug-likeness (QED) is 0.691. The number of halogens is 2. The summed E-state index contributed by atoms with van der Waals surface area (Å²) in [5, 5.41) is 0. The lowest BCUT2D eigenvalue weighted by Crippen LogP contribution is -2.51. The molecule has 1 aromatic heterocycles. The van der Waals surface area contributed by atoms with E-state index in [0.717, 1.165) is 42.5 Å². The molecular weight excluding hydrogens is 393 g/mol. The van der Waals surface area contributed by atoms with Crippen LogP contribution in [0.25, 0.3) is 11.3 Å². The predicted molar refractivity (Wildman–Crippen MR) is 108 cm³/mol. The SMILES string of the molecule is Fc1cc(Br)ccc1-c1cccc(N2CCN(C3CCCCC3)CC2)n1. The second kappa shape index (κ2) is 8.05. The largest absolute Gasteiger partial charge is 0.354 e. The molecule has 0 N–H and O–H groups in total. The van der Waals surface area contributed by atoms with Gasteiger partial charge in [-0.1, -0.05) is 41.3 Å². The van der Waals surface area contributed by atoms with Gasteiger partial charge in [-0.25, -0.2) is 9.37 Å². The lowest BCUT2D eigenvalue weighted by Gasteiger charge is -2.41. The van der Waals surface area contributed by atoms with E-state index in [0.29, 0.717) is 11.3 Å². The molecule has 0 bridgehead atoms. The number of pyridine rings is 1. The number of hydrogen-bond acceptors (Lipinski definition) is 3. The van der Waals surface area contributed by atoms with Gasteiger partial charge in [0.25, 0.3) is 0 Å². The van der Waals surface area contributed by atoms with E-state index in [1.165, 1.54) is 38.2 Å². The third kappa shape index (κ3) is 3.94. The standard InChI is InChI=1S/C21H25BrFN3/c22-16-9-10-18(19(23)15-16)20-7-4-8-21(24-20)26-13-11-25(12-14-26)17-5-2-1-3-6-17/h4,7-10,15,17H,1-3,5-6,11-14H2. The summed E-state index contributed by atoms with van der Waals surface area (Å²) >= 11 is 3.31. The van der Waals surface area contributed by atoms with Gasteiger partial charge in [0.2, 0.25) is 0 Å². The maximum absolute atomic E-state index is 14.3. The molecule has 1 aliphatic carbocycles. The van der Waals surface area contributed by atoms with Crippen molar-refractivity contribution in [3.63, 3.8) is 0 Å². The molecule has 0 unspecified atom stereocenters. The van der Waals surface area contributed by atoms with Crippen molar-refractivity contribution in [1.29, 1.82) is 0 Å². The highest BCUT2D eigenvalue weighted by atomic mass is 79.9. The minimum absolute atomic E-state index is 0.244. The monoisotopic (exact) mass is 417 g/mol. The maximum Gasteiger partial charge on any atom is 0.133 e. The summed E-state index contributed by atoms with van der Waals surface area (Å²) in [5.41, 5.74) is 1.25. The van der Waals surface area contributed by atoms with E-state index in [-0.39, 0.29) is 5.82 Å². The fraction of sp³-hybridized carbons (Fsp3) is 0.476. The zero-order valence-corrected chi connectivity index (χ0v) is 16.6. The summed E-state index contributed by atoms with van der Waals surface area (Å²) in [7, 11) is 0. The fourth-order valence-electron chi connectivity index (χ4n) is 4.21. The highest BCUT2D eigenvalue weighted by Gasteiger charge is 2.25. The number of benzene rings is 1. The average Bonchev–Trinajstić information content (AvgIpc) is 2.69. The van der Waals surface area contributed by atoms with E-state index in [1.54, 1.807) is 6.07 Å². The fourth-order valence-corrected chi connectivity index (χ4v) is 4.54. The molecule has 0 spiro atoms. The van der Waals surface area contributed by atoms with Crippen LogP contribution in [0, 0.1) is 5.82 Å². The summed E-state index contributed by atoms with van der Waals surface area (Å²) in [6.07, 6.45) is 6.88. The summed E-state index contributed by atoms with van der Waals surface area (Å²) in [6.45, 7) is 4.19. The molecule has 0 amide bonds. The minimum atomic E-state index is -0.244. The number of nitrogens with zero attached hydrogens (tertiary/aromatic N) is 3. The van der Waals surface area contributed by atoms with Crippen LogP contribution >= 0.6 is 15.9 Å². The zero-order valence-electron chi connectivity index (χ0n) is 15.0. The molecule has 0 atom stereocenters. The van der Waals surface area contributed by atoms with Crippen molar-refractivity contribution in [2.24, 2.45) is 0 Å². The van der Waals surface area contributed by atoms with Crippen LogP contribution in [0.3, 0.4) is 0 Å². The predicted octanol–water partition coefficient (Wildman–Crippen LogP) is 5.10. The molecule has 3 nitrogen and oxygen atoms in total. The summed E-state index contributed by atoms with van der Waals surface area (Å²) < 4.78 is 15.0. The Morgan fingerprint density at radius 3 is 2.46 bits per heavy atom. The first-order chi connectivity index (χ1) is 12.7. The van der Waals surface area contributed by atoms with Gasteiger partial charge in [0, 0.05) is 42.3 Å². The van der Waals surface area contributed by atoms with Gasteiger partial charge in [0.1, 0.15) is 11.6 Å². The smallest absolute Gasteiger partial charge is 0.133 e. The van der Waals surface area contributed by atoms with Crippen LogP contribution in [0.1, 0.15) is 32.1 Å². The molecule has 1 saturated carbocycles. The molecule has 5 heteroatoms. The second-order valence-corrected chi connectivity index (χ2v) is 8.24. The molecule has 1 saturated heterocycles. The van der Waals surface area contributed by atoms with Crippen molar-refractivity contribution >= 4 is 21.7 Å². The summed E-state index contributed by atoms with van der Waals surface area (Å²) in [4.78, 5) is 9.74. The number of hydrogen-bond donors (Lipinski definition) is 0. The zero-order chi connectivity index (χ0) is 17.9. The molecule has 138 valence electrons. The van der Waals surface area contributed by atoms with Gasteiger partial charge in [-0.2, -0.15) is 0 Å². The molecule has 1 aliphatic heterocycles. The molecule has 2 heterocycles. The third-order valence-corrected chi connectivity index (χ3v) is 6.16. The topological polar surface area (TPSA) is 19.4 Å². The first-order valence-corrected chi connectivity index (χ1v) is 10.4. The Bertz CT molecular complexity index is 753. The molecular formula is C21H25BrFN3. The van der Waals surface area contributed by atoms with Crippen molar-refractivity contribution in [3.05, 3.63) is 46.7 Å². The Morgan fingerprint density at radius 2 is 1.73 bits per heavy atom. The van der Waals surface area contributed by atoms with Gasteiger partial charge < -0.3 is 4.90 Å². The van der Waals surface area contributed by atoms with Gasteiger partial charge >= 0.3 is 0 Å². The molecule has 2 aromatic rings. The third-order valence-electron chi connectivity index (χ3n) is 5.67. The van der Waals surface area contributed by atoms with E-state index in [9.17, 15) is 4.39 Å². The van der Waals surface area contributed by atoms with Gasteiger partial charge in [0.05, 0.1) is 5.69 Å². The van der Waals surface area contributed by atoms with Crippen LogP contribution in [0.2, 0.25) is 0 Å². The highest BCUT2D eigenvalue weighted by molar-refractivity contribution is 9.10. The normalized spacial score (nSPS) is 19.7. The Labute approximate surface area is 163 Å². The van der Waals surface area contributed by atoms with Crippen molar-refractivity contribution < 1.29 is 4.39 Å². The number of rotatable bonds is 3. The van der Waals surface area contributed by atoms with E-state index in [4.69, 9.17) is 4.98 Å². The van der Waals surface area contributed by atoms with Crippen molar-refractivity contribution in [1.82, 2.24) is 9.88 Å². The first kappa shape index (κ1) is 17.9. The van der Waals surface area contributed by atoms with Crippen LogP contribution in [0.5, 0.6) is 0 Å². The van der Waals surface area contributed by atoms with E-state index >= 15 is 0 Å². The molecule has 2 fully saturated rings. The Hall–Kier alpha value is -1.46. The first-order valence-electron chi connectivity index (χ1n) is 9.62. The molecule has 4 rings (SSSR count). The van der Waals surface area contributed by atoms with Crippen molar-refractivity contribution in [2.75, 3.05) is 31.1 Å². The molecule has 26 heavy (non-hydrogen) atoms. The lowest BCUT2D eigenvalue weighted by atomic mass is 9.94.